The van der Waals surface area contributed by atoms with E-state index in [0.29, 0.717) is 24.3 Å². The Morgan fingerprint density at radius 3 is 2.68 bits per heavy atom. The maximum absolute atomic E-state index is 12.6. The number of ether oxygens (including phenoxy) is 2. The summed E-state index contributed by atoms with van der Waals surface area (Å²) in [6, 6.07) is 8.64. The molecule has 1 aromatic rings. The van der Waals surface area contributed by atoms with Crippen molar-refractivity contribution in [2.24, 2.45) is 0 Å². The summed E-state index contributed by atoms with van der Waals surface area (Å²) in [6.45, 7) is 2.24. The Labute approximate surface area is 191 Å². The average molecular weight is 485 g/mol. The lowest BCUT2D eigenvalue weighted by Gasteiger charge is -2.34. The number of nitrogens with zero attached hydrogens (tertiary/aromatic N) is 4. The van der Waals surface area contributed by atoms with Crippen molar-refractivity contribution in [1.29, 1.82) is 0 Å². The molecule has 3 saturated heterocycles. The summed E-state index contributed by atoms with van der Waals surface area (Å²) >= 11 is 0. The van der Waals surface area contributed by atoms with Crippen molar-refractivity contribution in [3.05, 3.63) is 46.4 Å². The largest absolute Gasteiger partial charge is 0.495 e. The zero-order valence-corrected chi connectivity index (χ0v) is 17.8. The molecule has 0 saturated carbocycles. The first-order valence-electron chi connectivity index (χ1n) is 10.8. The molecule has 0 aromatic heterocycles. The lowest BCUT2D eigenvalue weighted by Crippen LogP contribution is -2.51. The van der Waals surface area contributed by atoms with Gasteiger partial charge in [-0.1, -0.05) is 0 Å². The van der Waals surface area contributed by atoms with E-state index in [1.807, 2.05) is 24.3 Å². The number of rotatable bonds is 6. The summed E-state index contributed by atoms with van der Waals surface area (Å²) < 4.78 is 49.4. The van der Waals surface area contributed by atoms with Crippen LogP contribution in [0.2, 0.25) is 0 Å². The Hall–Kier alpha value is -3.26. The fourth-order valence-electron chi connectivity index (χ4n) is 4.64. The predicted octanol–water partition coefficient (Wildman–Crippen LogP) is 1.40. The summed E-state index contributed by atoms with van der Waals surface area (Å²) in [5.74, 6) is -2.81. The second kappa shape index (κ2) is 8.51. The molecule has 3 fully saturated rings. The Balaban J connectivity index is 1.19. The number of nitro groups is 1. The van der Waals surface area contributed by atoms with Crippen molar-refractivity contribution >= 4 is 11.7 Å². The molecule has 3 unspecified atom stereocenters. The molecule has 1 N–H and O–H groups in total. The first-order valence-corrected chi connectivity index (χ1v) is 10.8. The van der Waals surface area contributed by atoms with Gasteiger partial charge in [0.25, 0.3) is 0 Å². The van der Waals surface area contributed by atoms with E-state index in [4.69, 9.17) is 9.47 Å². The zero-order valence-electron chi connectivity index (χ0n) is 17.8. The van der Waals surface area contributed by atoms with Gasteiger partial charge in [-0.3, -0.25) is 0 Å². The van der Waals surface area contributed by atoms with Crippen LogP contribution in [-0.2, 0) is 14.4 Å². The van der Waals surface area contributed by atoms with Crippen LogP contribution in [0.25, 0.3) is 0 Å². The summed E-state index contributed by atoms with van der Waals surface area (Å²) in [6.07, 6.45) is -4.77. The van der Waals surface area contributed by atoms with Gasteiger partial charge in [-0.05, 0) is 47.1 Å². The molecular weight excluding hydrogens is 463 g/mol. The quantitative estimate of drug-likeness (QED) is 0.469. The number of nitrogens with one attached hydrogen (secondary N) is 1. The molecule has 14 heteroatoms. The first-order chi connectivity index (χ1) is 16.2. The molecule has 184 valence electrons. The van der Waals surface area contributed by atoms with E-state index in [1.165, 1.54) is 4.90 Å². The van der Waals surface area contributed by atoms with Crippen LogP contribution in [0.1, 0.15) is 12.8 Å². The zero-order chi connectivity index (χ0) is 24.0. The maximum Gasteiger partial charge on any atom is 0.495 e. The highest BCUT2D eigenvalue weighted by molar-refractivity contribution is 5.75. The van der Waals surface area contributed by atoms with Gasteiger partial charge in [0.2, 0.25) is 0 Å². The fourth-order valence-corrected chi connectivity index (χ4v) is 4.64. The molecule has 4 aliphatic heterocycles. The third-order valence-electron chi connectivity index (χ3n) is 6.28. The van der Waals surface area contributed by atoms with Crippen molar-refractivity contribution < 1.29 is 37.2 Å². The van der Waals surface area contributed by atoms with Crippen molar-refractivity contribution in [3.63, 3.8) is 0 Å². The second-order valence-electron chi connectivity index (χ2n) is 8.51. The summed E-state index contributed by atoms with van der Waals surface area (Å²) in [4.78, 5) is 29.5. The first kappa shape index (κ1) is 22.5. The van der Waals surface area contributed by atoms with Crippen LogP contribution in [0.5, 0.6) is 5.75 Å². The van der Waals surface area contributed by atoms with E-state index in [-0.39, 0.29) is 18.2 Å². The van der Waals surface area contributed by atoms with Gasteiger partial charge < -0.3 is 34.7 Å². The number of halogens is 3. The van der Waals surface area contributed by atoms with Gasteiger partial charge in [-0.15, -0.1) is 0 Å². The number of piperazine rings is 1. The topological polar surface area (TPSA) is 110 Å². The fraction of sp³-hybridized carbons (Fsp3) is 0.550. The number of benzene rings is 1. The van der Waals surface area contributed by atoms with Crippen LogP contribution in [-0.4, -0.2) is 77.8 Å². The minimum absolute atomic E-state index is 0.0663. The molecule has 5 rings (SSSR count). The highest BCUT2D eigenvalue weighted by Gasteiger charge is 2.53. The Kier molecular flexibility index (Phi) is 5.64. The maximum atomic E-state index is 12.6. The molecule has 0 radical (unpaired) electrons. The van der Waals surface area contributed by atoms with Crippen molar-refractivity contribution in [1.82, 2.24) is 15.3 Å². The normalized spacial score (nSPS) is 28.1. The number of carbonyl (C=O) groups excluding carboxylic acids is 1. The average Bonchev–Trinajstić information content (AvgIpc) is 3.52. The molecule has 4 heterocycles. The van der Waals surface area contributed by atoms with Crippen LogP contribution in [0.3, 0.4) is 0 Å². The van der Waals surface area contributed by atoms with Gasteiger partial charge in [0.1, 0.15) is 18.6 Å². The SMILES string of the molecule is O=C(ON1C([N+](=O)[O-])=CN2CC[C@@H](COc3ccc(N4CC5CC4CN5)cc3)OC21)C(F)(F)F. The number of fused-ring (bicyclic) bond motifs is 3. The molecular formula is C20H22F3N5O6. The molecule has 2 bridgehead atoms. The van der Waals surface area contributed by atoms with Gasteiger partial charge in [-0.2, -0.15) is 13.2 Å². The van der Waals surface area contributed by atoms with Gasteiger partial charge >= 0.3 is 24.3 Å². The summed E-state index contributed by atoms with van der Waals surface area (Å²) in [5, 5.41) is 14.9. The van der Waals surface area contributed by atoms with Crippen molar-refractivity contribution in [2.75, 3.05) is 31.1 Å². The van der Waals surface area contributed by atoms with E-state index in [2.05, 4.69) is 15.1 Å². The lowest BCUT2D eigenvalue weighted by molar-refractivity contribution is -0.473. The summed E-state index contributed by atoms with van der Waals surface area (Å²) in [5.41, 5.74) is 1.11. The van der Waals surface area contributed by atoms with E-state index in [9.17, 15) is 28.1 Å². The summed E-state index contributed by atoms with van der Waals surface area (Å²) in [7, 11) is 0. The molecule has 11 nitrogen and oxygen atoms in total. The number of hydrogen-bond donors (Lipinski definition) is 1. The van der Waals surface area contributed by atoms with Crippen LogP contribution in [0.4, 0.5) is 18.9 Å². The van der Waals surface area contributed by atoms with E-state index in [1.54, 1.807) is 0 Å². The minimum Gasteiger partial charge on any atom is -0.491 e. The molecule has 0 amide bonds. The van der Waals surface area contributed by atoms with Crippen LogP contribution in [0, 0.1) is 10.1 Å². The lowest BCUT2D eigenvalue weighted by atomic mass is 10.2. The Morgan fingerprint density at radius 1 is 1.29 bits per heavy atom. The van der Waals surface area contributed by atoms with Crippen molar-refractivity contribution in [3.8, 4) is 5.75 Å². The number of hydrogen-bond acceptors (Lipinski definition) is 10. The third-order valence-corrected chi connectivity index (χ3v) is 6.28. The molecule has 4 atom stereocenters. The molecule has 34 heavy (non-hydrogen) atoms. The monoisotopic (exact) mass is 485 g/mol. The minimum atomic E-state index is -5.32. The van der Waals surface area contributed by atoms with Gasteiger partial charge in [0.05, 0.1) is 6.10 Å². The Bertz CT molecular complexity index is 990. The Morgan fingerprint density at radius 2 is 2.06 bits per heavy atom. The number of hydroxylamine groups is 2. The van der Waals surface area contributed by atoms with Crippen LogP contribution >= 0.6 is 0 Å². The smallest absolute Gasteiger partial charge is 0.491 e. The molecule has 4 aliphatic rings. The molecule has 1 aromatic carbocycles. The van der Waals surface area contributed by atoms with E-state index < -0.39 is 35.3 Å². The third kappa shape index (κ3) is 4.30. The number of alkyl halides is 3. The highest BCUT2D eigenvalue weighted by atomic mass is 19.4. The predicted molar refractivity (Wildman–Crippen MR) is 109 cm³/mol. The van der Waals surface area contributed by atoms with Crippen LogP contribution < -0.4 is 15.0 Å². The van der Waals surface area contributed by atoms with Crippen LogP contribution in [0.15, 0.2) is 36.3 Å². The molecule has 0 aliphatic carbocycles. The standard InChI is InChI=1S/C20H22F3N5O6/c21-20(22,23)18(29)34-27-17(28(30)31)10-25-6-5-16(33-19(25)27)11-32-15-3-1-13(2-4-15)26-9-12-7-14(26)8-24-12/h1-4,10,12,14,16,19,24H,5-9,11H2/t12?,14?,16-,19?/m0/s1. The van der Waals surface area contributed by atoms with E-state index in [0.717, 1.165) is 31.4 Å². The number of carbonyl (C=O) groups is 1. The second-order valence-corrected chi connectivity index (χ2v) is 8.51. The highest BCUT2D eigenvalue weighted by Crippen LogP contribution is 2.33. The van der Waals surface area contributed by atoms with Gasteiger partial charge in [0, 0.05) is 37.4 Å². The van der Waals surface area contributed by atoms with Gasteiger partial charge in [-0.25, -0.2) is 9.63 Å². The van der Waals surface area contributed by atoms with Gasteiger partial charge in [0.15, 0.2) is 0 Å². The number of anilines is 1. The van der Waals surface area contributed by atoms with E-state index >= 15 is 0 Å². The molecule has 0 spiro atoms. The van der Waals surface area contributed by atoms with Crippen molar-refractivity contribution in [2.45, 2.75) is 43.6 Å².